The molecule has 2 fully saturated rings. The van der Waals surface area contributed by atoms with Crippen LogP contribution in [0.25, 0.3) is 0 Å². The van der Waals surface area contributed by atoms with E-state index in [-0.39, 0.29) is 22.7 Å². The summed E-state index contributed by atoms with van der Waals surface area (Å²) in [6.07, 6.45) is 2.43. The second-order valence-corrected chi connectivity index (χ2v) is 7.24. The summed E-state index contributed by atoms with van der Waals surface area (Å²) < 4.78 is 0. The second kappa shape index (κ2) is 5.11. The number of carbonyl (C=O) groups excluding carboxylic acids is 2. The molecule has 2 amide bonds. The lowest BCUT2D eigenvalue weighted by molar-refractivity contribution is -0.137. The maximum absolute atomic E-state index is 12.1. The molecule has 2 atom stereocenters. The third-order valence-corrected chi connectivity index (χ3v) is 5.27. The van der Waals surface area contributed by atoms with Crippen LogP contribution in [-0.2, 0) is 9.59 Å². The Hall–Kier alpha value is -0.710. The first-order valence-corrected chi connectivity index (χ1v) is 7.66. The number of fused-ring (bicyclic) bond motifs is 1. The molecule has 5 heteroatoms. The minimum absolute atomic E-state index is 0.0159. The highest BCUT2D eigenvalue weighted by Gasteiger charge is 2.52. The zero-order chi connectivity index (χ0) is 13.3. The van der Waals surface area contributed by atoms with Gasteiger partial charge in [0.15, 0.2) is 0 Å². The average molecular weight is 270 g/mol. The van der Waals surface area contributed by atoms with Crippen molar-refractivity contribution in [1.82, 2.24) is 10.2 Å². The summed E-state index contributed by atoms with van der Waals surface area (Å²) in [5.41, 5.74) is 0. The Balaban J connectivity index is 1.93. The molecular formula is C13H22N2O2S. The number of hydrogen-bond donors (Lipinski definition) is 1. The summed E-state index contributed by atoms with van der Waals surface area (Å²) in [5, 5.41) is 2.96. The molecule has 18 heavy (non-hydrogen) atoms. The minimum Gasteiger partial charge on any atom is -0.354 e. The third-order valence-electron chi connectivity index (χ3n) is 3.77. The molecule has 0 aromatic heterocycles. The molecule has 2 rings (SSSR count). The van der Waals surface area contributed by atoms with Crippen molar-refractivity contribution in [2.45, 2.75) is 50.9 Å². The number of rotatable bonds is 4. The minimum atomic E-state index is -0.262. The molecule has 1 N–H and O–H groups in total. The summed E-state index contributed by atoms with van der Waals surface area (Å²) in [4.78, 5) is 25.7. The van der Waals surface area contributed by atoms with Crippen molar-refractivity contribution in [2.75, 3.05) is 12.3 Å². The van der Waals surface area contributed by atoms with Crippen LogP contribution in [0.5, 0.6) is 0 Å². The van der Waals surface area contributed by atoms with Crippen molar-refractivity contribution < 1.29 is 9.59 Å². The van der Waals surface area contributed by atoms with E-state index in [0.717, 1.165) is 18.6 Å². The predicted molar refractivity (Wildman–Crippen MR) is 73.2 cm³/mol. The van der Waals surface area contributed by atoms with E-state index in [9.17, 15) is 9.59 Å². The fourth-order valence-corrected chi connectivity index (χ4v) is 4.05. The SMILES string of the molecule is CC(C)CCNC(=O)[C@H]1CS[C@]2(C)CCC(=O)N12. The summed E-state index contributed by atoms with van der Waals surface area (Å²) in [5.74, 6) is 1.46. The first-order valence-electron chi connectivity index (χ1n) is 6.68. The molecule has 0 unspecified atom stereocenters. The van der Waals surface area contributed by atoms with Gasteiger partial charge in [-0.3, -0.25) is 9.59 Å². The topological polar surface area (TPSA) is 49.4 Å². The van der Waals surface area contributed by atoms with Gasteiger partial charge >= 0.3 is 0 Å². The van der Waals surface area contributed by atoms with E-state index in [1.54, 1.807) is 11.8 Å². The molecule has 102 valence electrons. The third kappa shape index (κ3) is 2.51. The Kier molecular flexibility index (Phi) is 3.90. The van der Waals surface area contributed by atoms with Crippen molar-refractivity contribution in [3.05, 3.63) is 0 Å². The first kappa shape index (κ1) is 13.7. The Labute approximate surface area is 113 Å². The van der Waals surface area contributed by atoms with E-state index < -0.39 is 0 Å². The van der Waals surface area contributed by atoms with Gasteiger partial charge in [0.2, 0.25) is 11.8 Å². The number of nitrogens with zero attached hydrogens (tertiary/aromatic N) is 1. The molecule has 2 heterocycles. The fraction of sp³-hybridized carbons (Fsp3) is 0.846. The van der Waals surface area contributed by atoms with Crippen LogP contribution in [-0.4, -0.2) is 39.9 Å². The van der Waals surface area contributed by atoms with Crippen molar-refractivity contribution in [3.8, 4) is 0 Å². The fourth-order valence-electron chi connectivity index (χ4n) is 2.62. The lowest BCUT2D eigenvalue weighted by Crippen LogP contribution is -2.50. The summed E-state index contributed by atoms with van der Waals surface area (Å²) in [6, 6.07) is -0.262. The van der Waals surface area contributed by atoms with Crippen molar-refractivity contribution >= 4 is 23.6 Å². The van der Waals surface area contributed by atoms with Gasteiger partial charge in [-0.05, 0) is 25.7 Å². The van der Waals surface area contributed by atoms with Crippen molar-refractivity contribution in [3.63, 3.8) is 0 Å². The highest BCUT2D eigenvalue weighted by atomic mass is 32.2. The van der Waals surface area contributed by atoms with Gasteiger partial charge in [-0.25, -0.2) is 0 Å². The molecule has 0 radical (unpaired) electrons. The Bertz CT molecular complexity index is 359. The quantitative estimate of drug-likeness (QED) is 0.844. The molecule has 0 aliphatic carbocycles. The van der Waals surface area contributed by atoms with Gasteiger partial charge in [0, 0.05) is 18.7 Å². The zero-order valence-electron chi connectivity index (χ0n) is 11.4. The molecule has 0 saturated carbocycles. The van der Waals surface area contributed by atoms with Gasteiger partial charge in [0.05, 0.1) is 4.87 Å². The van der Waals surface area contributed by atoms with Crippen LogP contribution < -0.4 is 5.32 Å². The molecule has 0 bridgehead atoms. The lowest BCUT2D eigenvalue weighted by atomic mass is 10.1. The van der Waals surface area contributed by atoms with Gasteiger partial charge in [-0.2, -0.15) is 0 Å². The highest BCUT2D eigenvalue weighted by molar-refractivity contribution is 8.01. The normalized spacial score (nSPS) is 31.0. The number of hydrogen-bond acceptors (Lipinski definition) is 3. The van der Waals surface area contributed by atoms with Crippen LogP contribution in [0.15, 0.2) is 0 Å². The van der Waals surface area contributed by atoms with Gasteiger partial charge in [0.1, 0.15) is 6.04 Å². The van der Waals surface area contributed by atoms with E-state index in [0.29, 0.717) is 18.9 Å². The van der Waals surface area contributed by atoms with E-state index in [4.69, 9.17) is 0 Å². The Morgan fingerprint density at radius 1 is 1.61 bits per heavy atom. The maximum Gasteiger partial charge on any atom is 0.243 e. The smallest absolute Gasteiger partial charge is 0.243 e. The van der Waals surface area contributed by atoms with Crippen LogP contribution in [0.1, 0.15) is 40.0 Å². The summed E-state index contributed by atoms with van der Waals surface area (Å²) in [6.45, 7) is 7.05. The standard InChI is InChI=1S/C13H22N2O2S/c1-9(2)5-7-14-12(17)10-8-18-13(3)6-4-11(16)15(10)13/h9-10H,4-8H2,1-3H3,(H,14,17)/t10-,13-/m1/s1. The van der Waals surface area contributed by atoms with E-state index >= 15 is 0 Å². The zero-order valence-corrected chi connectivity index (χ0v) is 12.2. The second-order valence-electron chi connectivity index (χ2n) is 5.74. The van der Waals surface area contributed by atoms with E-state index in [1.807, 2.05) is 4.90 Å². The largest absolute Gasteiger partial charge is 0.354 e. The van der Waals surface area contributed by atoms with E-state index in [1.165, 1.54) is 0 Å². The highest BCUT2D eigenvalue weighted by Crippen LogP contribution is 2.47. The predicted octanol–water partition coefficient (Wildman–Crippen LogP) is 1.60. The molecule has 2 aliphatic heterocycles. The summed E-state index contributed by atoms with van der Waals surface area (Å²) >= 11 is 1.74. The molecule has 0 spiro atoms. The maximum atomic E-state index is 12.1. The number of amides is 2. The number of nitrogens with one attached hydrogen (secondary N) is 1. The Morgan fingerprint density at radius 3 is 3.00 bits per heavy atom. The molecule has 2 saturated heterocycles. The van der Waals surface area contributed by atoms with Gasteiger partial charge in [0.25, 0.3) is 0 Å². The number of carbonyl (C=O) groups is 2. The molecule has 0 aromatic rings. The Morgan fingerprint density at radius 2 is 2.33 bits per heavy atom. The molecule has 0 aromatic carbocycles. The van der Waals surface area contributed by atoms with Crippen molar-refractivity contribution in [1.29, 1.82) is 0 Å². The van der Waals surface area contributed by atoms with E-state index in [2.05, 4.69) is 26.1 Å². The van der Waals surface area contributed by atoms with Gasteiger partial charge < -0.3 is 10.2 Å². The molecule has 2 aliphatic rings. The number of thioether (sulfide) groups is 1. The molecule has 4 nitrogen and oxygen atoms in total. The van der Waals surface area contributed by atoms with Crippen LogP contribution >= 0.6 is 11.8 Å². The first-order chi connectivity index (χ1) is 8.44. The van der Waals surface area contributed by atoms with Crippen LogP contribution in [0.2, 0.25) is 0 Å². The monoisotopic (exact) mass is 270 g/mol. The van der Waals surface area contributed by atoms with Crippen LogP contribution in [0.3, 0.4) is 0 Å². The lowest BCUT2D eigenvalue weighted by Gasteiger charge is -2.29. The molecular weight excluding hydrogens is 248 g/mol. The van der Waals surface area contributed by atoms with Gasteiger partial charge in [-0.1, -0.05) is 13.8 Å². The van der Waals surface area contributed by atoms with Crippen LogP contribution in [0.4, 0.5) is 0 Å². The van der Waals surface area contributed by atoms with Crippen LogP contribution in [0, 0.1) is 5.92 Å². The van der Waals surface area contributed by atoms with Crippen molar-refractivity contribution in [2.24, 2.45) is 5.92 Å². The summed E-state index contributed by atoms with van der Waals surface area (Å²) in [7, 11) is 0. The van der Waals surface area contributed by atoms with Gasteiger partial charge in [-0.15, -0.1) is 11.8 Å². The average Bonchev–Trinajstić information content (AvgIpc) is 2.76.